The van der Waals surface area contributed by atoms with Gasteiger partial charge in [-0.2, -0.15) is 12.6 Å². The minimum absolute atomic E-state index is 0.697. The summed E-state index contributed by atoms with van der Waals surface area (Å²) < 4.78 is 0. The average molecular weight is 158 g/mol. The highest BCUT2D eigenvalue weighted by molar-refractivity contribution is 7.80. The molecule has 10 heavy (non-hydrogen) atoms. The highest BCUT2D eigenvalue weighted by atomic mass is 32.1. The Labute approximate surface area is 69.8 Å². The Morgan fingerprint density at radius 1 is 1.30 bits per heavy atom. The van der Waals surface area contributed by atoms with Crippen LogP contribution in [0.4, 0.5) is 0 Å². The van der Waals surface area contributed by atoms with E-state index in [0.29, 0.717) is 5.41 Å². The molecule has 0 aromatic rings. The molecule has 0 N–H and O–H groups in total. The van der Waals surface area contributed by atoms with Crippen molar-refractivity contribution in [3.05, 3.63) is 0 Å². The molecule has 60 valence electrons. The first-order chi connectivity index (χ1) is 4.77. The minimum atomic E-state index is 0.697. The van der Waals surface area contributed by atoms with Crippen LogP contribution in [0, 0.1) is 5.41 Å². The zero-order valence-electron chi connectivity index (χ0n) is 6.90. The molecule has 0 bridgehead atoms. The van der Waals surface area contributed by atoms with Crippen LogP contribution < -0.4 is 0 Å². The van der Waals surface area contributed by atoms with Gasteiger partial charge in [-0.1, -0.05) is 19.8 Å². The van der Waals surface area contributed by atoms with Gasteiger partial charge in [0, 0.05) is 0 Å². The summed E-state index contributed by atoms with van der Waals surface area (Å²) in [7, 11) is 0. The minimum Gasteiger partial charge on any atom is -0.179 e. The smallest absolute Gasteiger partial charge is 0.00977 e. The predicted molar refractivity (Wildman–Crippen MR) is 49.7 cm³/mol. The van der Waals surface area contributed by atoms with Crippen LogP contribution in [-0.4, -0.2) is 5.75 Å². The summed E-state index contributed by atoms with van der Waals surface area (Å²) in [4.78, 5) is 0. The van der Waals surface area contributed by atoms with E-state index in [9.17, 15) is 0 Å². The molecule has 1 aliphatic carbocycles. The first-order valence-corrected chi connectivity index (χ1v) is 5.01. The molecule has 0 aromatic heterocycles. The molecular weight excluding hydrogens is 140 g/mol. The molecule has 0 aromatic carbocycles. The second kappa shape index (κ2) is 3.66. The molecule has 0 atom stereocenters. The third-order valence-corrected chi connectivity index (χ3v) is 3.07. The lowest BCUT2D eigenvalue weighted by atomic mass is 9.84. The first kappa shape index (κ1) is 8.45. The second-order valence-electron chi connectivity index (χ2n) is 3.84. The van der Waals surface area contributed by atoms with Gasteiger partial charge in [0.05, 0.1) is 0 Å². The lowest BCUT2D eigenvalue weighted by Crippen LogP contribution is -2.10. The first-order valence-electron chi connectivity index (χ1n) is 4.38. The van der Waals surface area contributed by atoms with E-state index in [2.05, 4.69) is 19.6 Å². The van der Waals surface area contributed by atoms with E-state index in [-0.39, 0.29) is 0 Å². The Morgan fingerprint density at radius 2 is 1.90 bits per heavy atom. The summed E-state index contributed by atoms with van der Waals surface area (Å²) in [6.07, 6.45) is 8.55. The van der Waals surface area contributed by atoms with E-state index >= 15 is 0 Å². The molecule has 0 aliphatic heterocycles. The quantitative estimate of drug-likeness (QED) is 0.599. The van der Waals surface area contributed by atoms with Crippen molar-refractivity contribution in [3.8, 4) is 0 Å². The summed E-state index contributed by atoms with van der Waals surface area (Å²) in [5, 5.41) is 0. The molecule has 0 amide bonds. The summed E-state index contributed by atoms with van der Waals surface area (Å²) in [5.41, 5.74) is 0.697. The third-order valence-electron chi connectivity index (χ3n) is 2.75. The summed E-state index contributed by atoms with van der Waals surface area (Å²) in [6, 6.07) is 0. The molecule has 1 rings (SSSR count). The Balaban J connectivity index is 2.22. The van der Waals surface area contributed by atoms with Gasteiger partial charge in [0.2, 0.25) is 0 Å². The zero-order valence-corrected chi connectivity index (χ0v) is 7.79. The van der Waals surface area contributed by atoms with Crippen LogP contribution in [0.1, 0.15) is 45.4 Å². The second-order valence-corrected chi connectivity index (χ2v) is 4.29. The van der Waals surface area contributed by atoms with Crippen LogP contribution >= 0.6 is 12.6 Å². The number of hydrogen-bond donors (Lipinski definition) is 1. The van der Waals surface area contributed by atoms with Crippen LogP contribution in [0.3, 0.4) is 0 Å². The van der Waals surface area contributed by atoms with Crippen molar-refractivity contribution in [2.24, 2.45) is 5.41 Å². The van der Waals surface area contributed by atoms with Gasteiger partial charge in [-0.15, -0.1) is 0 Å². The van der Waals surface area contributed by atoms with Crippen LogP contribution in [0.5, 0.6) is 0 Å². The Hall–Kier alpha value is 0.350. The predicted octanol–water partition coefficient (Wildman–Crippen LogP) is 3.28. The number of rotatable bonds is 3. The van der Waals surface area contributed by atoms with E-state index in [1.807, 2.05) is 0 Å². The van der Waals surface area contributed by atoms with Gasteiger partial charge in [-0.3, -0.25) is 0 Å². The van der Waals surface area contributed by atoms with Crippen molar-refractivity contribution < 1.29 is 0 Å². The molecule has 0 saturated heterocycles. The van der Waals surface area contributed by atoms with Crippen LogP contribution in [0.25, 0.3) is 0 Å². The largest absolute Gasteiger partial charge is 0.179 e. The summed E-state index contributed by atoms with van der Waals surface area (Å²) in [5.74, 6) is 1.07. The van der Waals surface area contributed by atoms with Gasteiger partial charge >= 0.3 is 0 Å². The molecule has 1 heteroatoms. The molecule has 0 radical (unpaired) electrons. The van der Waals surface area contributed by atoms with E-state index in [1.165, 1.54) is 38.5 Å². The van der Waals surface area contributed by atoms with E-state index in [0.717, 1.165) is 5.75 Å². The Bertz CT molecular complexity index is 92.9. The molecular formula is C9H18S. The molecule has 0 unspecified atom stereocenters. The third kappa shape index (κ3) is 2.19. The lowest BCUT2D eigenvalue weighted by molar-refractivity contribution is 0.306. The van der Waals surface area contributed by atoms with Crippen LogP contribution in [0.2, 0.25) is 0 Å². The van der Waals surface area contributed by atoms with Crippen molar-refractivity contribution in [1.82, 2.24) is 0 Å². The van der Waals surface area contributed by atoms with Crippen molar-refractivity contribution >= 4 is 12.6 Å². The van der Waals surface area contributed by atoms with Crippen LogP contribution in [-0.2, 0) is 0 Å². The van der Waals surface area contributed by atoms with Gasteiger partial charge in [0.1, 0.15) is 0 Å². The maximum Gasteiger partial charge on any atom is -0.00977 e. The fourth-order valence-electron chi connectivity index (χ4n) is 1.98. The SMILES string of the molecule is CC1(CCCS)CCCC1. The maximum atomic E-state index is 4.23. The summed E-state index contributed by atoms with van der Waals surface area (Å²) in [6.45, 7) is 2.43. The van der Waals surface area contributed by atoms with Gasteiger partial charge in [0.25, 0.3) is 0 Å². The van der Waals surface area contributed by atoms with E-state index in [1.54, 1.807) is 0 Å². The number of thiol groups is 1. The lowest BCUT2D eigenvalue weighted by Gasteiger charge is -2.22. The Morgan fingerprint density at radius 3 is 2.40 bits per heavy atom. The highest BCUT2D eigenvalue weighted by Crippen LogP contribution is 2.41. The van der Waals surface area contributed by atoms with Crippen LogP contribution in [0.15, 0.2) is 0 Å². The van der Waals surface area contributed by atoms with E-state index < -0.39 is 0 Å². The van der Waals surface area contributed by atoms with Crippen molar-refractivity contribution in [3.63, 3.8) is 0 Å². The Kier molecular flexibility index (Phi) is 3.09. The monoisotopic (exact) mass is 158 g/mol. The standard InChI is InChI=1S/C9H18S/c1-9(7-4-8-10)5-2-3-6-9/h10H,2-8H2,1H3. The topological polar surface area (TPSA) is 0 Å². The fraction of sp³-hybridized carbons (Fsp3) is 1.00. The van der Waals surface area contributed by atoms with Crippen molar-refractivity contribution in [2.75, 3.05) is 5.75 Å². The molecule has 0 heterocycles. The highest BCUT2D eigenvalue weighted by Gasteiger charge is 2.27. The molecule has 0 spiro atoms. The van der Waals surface area contributed by atoms with Gasteiger partial charge in [-0.05, 0) is 36.9 Å². The zero-order chi connectivity index (χ0) is 7.45. The molecule has 0 nitrogen and oxygen atoms in total. The van der Waals surface area contributed by atoms with Gasteiger partial charge in [-0.25, -0.2) is 0 Å². The molecule has 1 fully saturated rings. The van der Waals surface area contributed by atoms with Gasteiger partial charge < -0.3 is 0 Å². The van der Waals surface area contributed by atoms with Crippen molar-refractivity contribution in [2.45, 2.75) is 45.4 Å². The number of hydrogen-bond acceptors (Lipinski definition) is 1. The molecule has 1 aliphatic rings. The van der Waals surface area contributed by atoms with Crippen molar-refractivity contribution in [1.29, 1.82) is 0 Å². The van der Waals surface area contributed by atoms with E-state index in [4.69, 9.17) is 0 Å². The molecule has 1 saturated carbocycles. The fourth-order valence-corrected chi connectivity index (χ4v) is 2.14. The summed E-state index contributed by atoms with van der Waals surface area (Å²) >= 11 is 4.23. The maximum absolute atomic E-state index is 4.23. The normalized spacial score (nSPS) is 23.4. The van der Waals surface area contributed by atoms with Gasteiger partial charge in [0.15, 0.2) is 0 Å². The average Bonchev–Trinajstić information content (AvgIpc) is 2.33.